The summed E-state index contributed by atoms with van der Waals surface area (Å²) in [6, 6.07) is 27.6. The standard InChI is InChI=1S/C54H70N8O6/c1-35(2)27-30-66-46-25-23-38-17-8-10-19-41(38)49(46)50-42-20-11-9-18-39(42)24-26-47(50)67-34-48(63)60-43(21-12-13-28-55)51(64)61-44(22-14-29-58-54(56)57)52(65)62-45(31-36(3)4)53-59-33-40(68-53)32-37-15-6-5-7-16-37/h5-11,15-20,23-24,26,33,35-36,43-46H,12-14,21-22,25,27-32,34,55H2,1-4H3,(H,60,63)(H,61,64)(H,62,65)(H4,56,57,58)/t43-,44-,45?,46?/m1/s1. The number of carbonyl (C=O) groups excluding carboxylic acids is 3. The SMILES string of the molecule is CC(C)CCOC1CC=c2ccccc2=C1c1c(OCC(=O)N[C@H](CCCCN)C(=O)N[C@H](CCCN=C(N)N)C(=O)NC(CC(C)C)c2ncc(Cc3ccccc3)o2)ccc2ccccc12. The van der Waals surface area contributed by atoms with Crippen molar-refractivity contribution >= 4 is 46.1 Å². The summed E-state index contributed by atoms with van der Waals surface area (Å²) in [6.45, 7) is 9.37. The highest BCUT2D eigenvalue weighted by atomic mass is 16.5. The van der Waals surface area contributed by atoms with E-state index in [4.69, 9.17) is 31.1 Å². The van der Waals surface area contributed by atoms with Gasteiger partial charge in [-0.2, -0.15) is 0 Å². The summed E-state index contributed by atoms with van der Waals surface area (Å²) in [5, 5.41) is 13.1. The van der Waals surface area contributed by atoms with Crippen molar-refractivity contribution in [1.29, 1.82) is 0 Å². The van der Waals surface area contributed by atoms with Gasteiger partial charge in [0.1, 0.15) is 29.6 Å². The molecular weight excluding hydrogens is 857 g/mol. The van der Waals surface area contributed by atoms with Crippen molar-refractivity contribution in [1.82, 2.24) is 20.9 Å². The van der Waals surface area contributed by atoms with Crippen molar-refractivity contribution < 1.29 is 28.3 Å². The Balaban J connectivity index is 1.22. The van der Waals surface area contributed by atoms with Gasteiger partial charge in [0.15, 0.2) is 12.6 Å². The van der Waals surface area contributed by atoms with E-state index >= 15 is 0 Å². The molecular formula is C54H70N8O6. The maximum absolute atomic E-state index is 14.3. The normalized spacial score (nSPS) is 14.7. The van der Waals surface area contributed by atoms with Crippen LogP contribution in [0.5, 0.6) is 5.75 Å². The predicted molar refractivity (Wildman–Crippen MR) is 269 cm³/mol. The van der Waals surface area contributed by atoms with Crippen molar-refractivity contribution in [3.05, 3.63) is 130 Å². The zero-order chi connectivity index (χ0) is 48.4. The van der Waals surface area contributed by atoms with E-state index in [1.54, 1.807) is 6.20 Å². The van der Waals surface area contributed by atoms with Crippen LogP contribution in [0.3, 0.4) is 0 Å². The zero-order valence-corrected chi connectivity index (χ0v) is 40.0. The zero-order valence-electron chi connectivity index (χ0n) is 40.0. The van der Waals surface area contributed by atoms with Crippen LogP contribution in [0.2, 0.25) is 0 Å². The fraction of sp³-hybridized carbons (Fsp3) is 0.426. The molecule has 362 valence electrons. The third-order valence-corrected chi connectivity index (χ3v) is 11.9. The largest absolute Gasteiger partial charge is 0.483 e. The number of nitrogens with two attached hydrogens (primary N) is 3. The van der Waals surface area contributed by atoms with Crippen LogP contribution >= 0.6 is 0 Å². The van der Waals surface area contributed by atoms with Gasteiger partial charge < -0.3 is 47.0 Å². The van der Waals surface area contributed by atoms with Crippen LogP contribution in [0.4, 0.5) is 0 Å². The second-order valence-electron chi connectivity index (χ2n) is 18.4. The predicted octanol–water partition coefficient (Wildman–Crippen LogP) is 5.67. The van der Waals surface area contributed by atoms with E-state index in [2.05, 4.69) is 70.1 Å². The van der Waals surface area contributed by atoms with Gasteiger partial charge in [0.05, 0.1) is 12.3 Å². The van der Waals surface area contributed by atoms with Crippen LogP contribution < -0.4 is 48.3 Å². The van der Waals surface area contributed by atoms with Crippen LogP contribution in [0.1, 0.15) is 108 Å². The number of benzene rings is 4. The Morgan fingerprint density at radius 1 is 0.809 bits per heavy atom. The molecule has 0 saturated carbocycles. The molecule has 4 atom stereocenters. The van der Waals surface area contributed by atoms with Gasteiger partial charge in [-0.25, -0.2) is 4.98 Å². The van der Waals surface area contributed by atoms with Crippen LogP contribution in [-0.2, 0) is 25.5 Å². The number of aliphatic imine (C=N–C) groups is 1. The maximum Gasteiger partial charge on any atom is 0.258 e. The summed E-state index contributed by atoms with van der Waals surface area (Å²) < 4.78 is 19.3. The van der Waals surface area contributed by atoms with E-state index in [9.17, 15) is 14.4 Å². The number of aromatic nitrogens is 1. The third kappa shape index (κ3) is 14.7. The number of carbonyl (C=O) groups is 3. The average Bonchev–Trinajstić information content (AvgIpc) is 3.79. The molecule has 14 nitrogen and oxygen atoms in total. The number of unbranched alkanes of at least 4 members (excludes halogenated alkanes) is 1. The molecule has 1 heterocycles. The lowest BCUT2D eigenvalue weighted by Gasteiger charge is -2.27. The van der Waals surface area contributed by atoms with Gasteiger partial charge >= 0.3 is 0 Å². The molecule has 0 spiro atoms. The van der Waals surface area contributed by atoms with Crippen molar-refractivity contribution in [2.24, 2.45) is 34.0 Å². The highest BCUT2D eigenvalue weighted by molar-refractivity contribution is 5.98. The Morgan fingerprint density at radius 3 is 2.29 bits per heavy atom. The summed E-state index contributed by atoms with van der Waals surface area (Å²) in [4.78, 5) is 51.2. The van der Waals surface area contributed by atoms with Crippen LogP contribution in [0.15, 0.2) is 107 Å². The Hall–Kier alpha value is -6.51. The number of guanidine groups is 1. The molecule has 1 aliphatic carbocycles. The first kappa shape index (κ1) is 50.9. The van der Waals surface area contributed by atoms with Gasteiger partial charge in [-0.1, -0.05) is 119 Å². The monoisotopic (exact) mass is 927 g/mol. The molecule has 6 rings (SSSR count). The Labute approximate surface area is 400 Å². The van der Waals surface area contributed by atoms with Crippen molar-refractivity contribution in [3.8, 4) is 5.75 Å². The summed E-state index contributed by atoms with van der Waals surface area (Å²) in [5.74, 6) is 0.722. The molecule has 0 fully saturated rings. The number of amides is 3. The van der Waals surface area contributed by atoms with Gasteiger partial charge in [0.2, 0.25) is 17.7 Å². The van der Waals surface area contributed by atoms with E-state index in [-0.39, 0.29) is 44.0 Å². The number of nitrogens with zero attached hydrogens (tertiary/aromatic N) is 2. The highest BCUT2D eigenvalue weighted by Gasteiger charge is 2.31. The van der Waals surface area contributed by atoms with Crippen molar-refractivity contribution in [2.75, 3.05) is 26.3 Å². The van der Waals surface area contributed by atoms with Crippen molar-refractivity contribution in [3.63, 3.8) is 0 Å². The Morgan fingerprint density at radius 2 is 1.53 bits per heavy atom. The molecule has 2 unspecified atom stereocenters. The fourth-order valence-electron chi connectivity index (χ4n) is 8.50. The summed E-state index contributed by atoms with van der Waals surface area (Å²) in [5.41, 5.74) is 20.0. The summed E-state index contributed by atoms with van der Waals surface area (Å²) in [6.07, 6.45) is 8.45. The number of ether oxygens (including phenoxy) is 2. The molecule has 14 heteroatoms. The first-order valence-corrected chi connectivity index (χ1v) is 24.1. The van der Waals surface area contributed by atoms with Gasteiger partial charge in [-0.3, -0.25) is 19.4 Å². The van der Waals surface area contributed by atoms with E-state index < -0.39 is 35.8 Å². The number of nitrogens with one attached hydrogen (secondary N) is 3. The van der Waals surface area contributed by atoms with Crippen LogP contribution in [-0.4, -0.2) is 73.2 Å². The minimum atomic E-state index is -1.00. The molecule has 0 aliphatic heterocycles. The topological polar surface area (TPSA) is 222 Å². The highest BCUT2D eigenvalue weighted by Crippen LogP contribution is 2.37. The minimum Gasteiger partial charge on any atom is -0.483 e. The lowest BCUT2D eigenvalue weighted by Crippen LogP contribution is -2.54. The first-order chi connectivity index (χ1) is 32.9. The number of hydrogen-bond donors (Lipinski definition) is 6. The first-order valence-electron chi connectivity index (χ1n) is 24.1. The minimum absolute atomic E-state index is 0.0709. The second-order valence-corrected chi connectivity index (χ2v) is 18.4. The van der Waals surface area contributed by atoms with Gasteiger partial charge in [0, 0.05) is 30.7 Å². The maximum atomic E-state index is 14.3. The van der Waals surface area contributed by atoms with E-state index in [1.807, 2.05) is 80.6 Å². The van der Waals surface area contributed by atoms with Crippen LogP contribution in [0, 0.1) is 11.8 Å². The van der Waals surface area contributed by atoms with Gasteiger partial charge in [0.25, 0.3) is 5.91 Å². The van der Waals surface area contributed by atoms with E-state index in [0.717, 1.165) is 44.3 Å². The molecule has 0 radical (unpaired) electrons. The fourth-order valence-corrected chi connectivity index (χ4v) is 8.50. The summed E-state index contributed by atoms with van der Waals surface area (Å²) >= 11 is 0. The second kappa shape index (κ2) is 25.6. The number of rotatable bonds is 26. The van der Waals surface area contributed by atoms with E-state index in [0.29, 0.717) is 75.0 Å². The quantitative estimate of drug-likeness (QED) is 0.0227. The molecule has 1 aromatic heterocycles. The lowest BCUT2D eigenvalue weighted by atomic mass is 9.87. The Bertz CT molecular complexity index is 2590. The van der Waals surface area contributed by atoms with Crippen molar-refractivity contribution in [2.45, 2.75) is 110 Å². The molecule has 0 saturated heterocycles. The van der Waals surface area contributed by atoms with Crippen LogP contribution in [0.25, 0.3) is 22.4 Å². The molecule has 1 aliphatic rings. The number of oxazole rings is 1. The van der Waals surface area contributed by atoms with E-state index in [1.165, 1.54) is 0 Å². The third-order valence-electron chi connectivity index (χ3n) is 11.9. The van der Waals surface area contributed by atoms with Gasteiger partial charge in [-0.05, 0) is 103 Å². The molecule has 5 aromatic rings. The Kier molecular flexibility index (Phi) is 19.1. The number of fused-ring (bicyclic) bond motifs is 2. The molecule has 3 amide bonds. The molecule has 4 aromatic carbocycles. The van der Waals surface area contributed by atoms with Gasteiger partial charge in [-0.15, -0.1) is 0 Å². The molecule has 9 N–H and O–H groups in total. The summed E-state index contributed by atoms with van der Waals surface area (Å²) in [7, 11) is 0. The smallest absolute Gasteiger partial charge is 0.258 e. The molecule has 68 heavy (non-hydrogen) atoms. The lowest BCUT2D eigenvalue weighted by molar-refractivity contribution is -0.133. The average molecular weight is 927 g/mol. The molecule has 0 bridgehead atoms. The number of hydrogen-bond acceptors (Lipinski definition) is 9.